The molecule has 31 heavy (non-hydrogen) atoms. The Labute approximate surface area is 205 Å². The number of nitrogens with zero attached hydrogens (tertiary/aromatic N) is 3. The molecule has 1 aliphatic rings. The van der Waals surface area contributed by atoms with Gasteiger partial charge in [-0.2, -0.15) is 25.0 Å². The molecule has 163 valence electrons. The van der Waals surface area contributed by atoms with Crippen LogP contribution in [-0.4, -0.2) is 23.3 Å². The normalized spacial score (nSPS) is 11.7. The Morgan fingerprint density at radius 1 is 1.32 bits per heavy atom. The zero-order valence-electron chi connectivity index (χ0n) is 19.1. The minimum absolute atomic E-state index is 0. The second kappa shape index (κ2) is 13.8. The summed E-state index contributed by atoms with van der Waals surface area (Å²) in [7, 11) is -0.347. The summed E-state index contributed by atoms with van der Waals surface area (Å²) in [5, 5.41) is 10.7. The van der Waals surface area contributed by atoms with Crippen LogP contribution in [0, 0.1) is 24.7 Å². The molecule has 0 aliphatic heterocycles. The van der Waals surface area contributed by atoms with Gasteiger partial charge in [0.25, 0.3) is 0 Å². The van der Waals surface area contributed by atoms with Gasteiger partial charge in [0.15, 0.2) is 0 Å². The topological polar surface area (TPSA) is 75.6 Å². The number of nitriles is 1. The van der Waals surface area contributed by atoms with E-state index in [2.05, 4.69) is 68.7 Å². The van der Waals surface area contributed by atoms with Gasteiger partial charge in [-0.05, 0) is 54.2 Å². The molecular weight excluding hydrogens is 480 g/mol. The molecule has 0 saturated heterocycles. The van der Waals surface area contributed by atoms with Gasteiger partial charge in [0.2, 0.25) is 5.95 Å². The number of aromatic nitrogens is 2. The molecule has 3 rings (SSSR count). The zero-order chi connectivity index (χ0) is 22.1. The van der Waals surface area contributed by atoms with Crippen molar-refractivity contribution < 1.29 is 22.4 Å². The summed E-state index contributed by atoms with van der Waals surface area (Å²) in [6, 6.07) is 6.35. The van der Waals surface area contributed by atoms with E-state index in [-0.39, 0.29) is 30.3 Å². The van der Waals surface area contributed by atoms with E-state index in [1.54, 1.807) is 0 Å². The fraction of sp³-hybridized carbons (Fsp3) is 0.400. The first-order valence-corrected chi connectivity index (χ1v) is 12.8. The van der Waals surface area contributed by atoms with Crippen molar-refractivity contribution in [1.82, 2.24) is 9.97 Å². The molecule has 0 atom stereocenters. The fourth-order valence-corrected chi connectivity index (χ4v) is 5.05. The predicted octanol–water partition coefficient (Wildman–Crippen LogP) is 5.45. The number of unbranched alkanes of at least 4 members (excludes halogenated alkanes) is 3. The molecular formula is C25H33N4NbP. The number of nitrogen functional groups attached to an aromatic ring is 1. The molecule has 2 N–H and O–H groups in total. The van der Waals surface area contributed by atoms with Crippen molar-refractivity contribution in [1.29, 1.82) is 5.26 Å². The second-order valence-corrected chi connectivity index (χ2v) is 9.81. The quantitative estimate of drug-likeness (QED) is 0.231. The average Bonchev–Trinajstić information content (AvgIpc) is 3.17. The van der Waals surface area contributed by atoms with E-state index in [1.165, 1.54) is 29.3 Å². The molecule has 0 bridgehead atoms. The van der Waals surface area contributed by atoms with Gasteiger partial charge in [-0.25, -0.2) is 9.97 Å². The van der Waals surface area contributed by atoms with Crippen LogP contribution in [0.25, 0.3) is 5.57 Å². The molecule has 2 aromatic rings. The Balaban J connectivity index is 0.000000607. The molecule has 1 radical (unpaired) electrons. The summed E-state index contributed by atoms with van der Waals surface area (Å²) in [6.07, 6.45) is 12.6. The van der Waals surface area contributed by atoms with E-state index < -0.39 is 0 Å². The van der Waals surface area contributed by atoms with Crippen molar-refractivity contribution >= 4 is 24.7 Å². The molecule has 0 fully saturated rings. The first-order valence-electron chi connectivity index (χ1n) is 10.6. The average molecular weight is 513 g/mol. The minimum Gasteiger partial charge on any atom is -0.368 e. The number of nitrogens with two attached hydrogens (primary N) is 1. The maximum absolute atomic E-state index is 9.44. The van der Waals surface area contributed by atoms with Crippen LogP contribution < -0.4 is 11.0 Å². The number of aryl methyl sites for hydroxylation is 1. The molecule has 1 aromatic heterocycles. The molecule has 6 heteroatoms. The van der Waals surface area contributed by atoms with Crippen LogP contribution in [0.3, 0.4) is 0 Å². The third kappa shape index (κ3) is 6.99. The van der Waals surface area contributed by atoms with E-state index in [1.807, 2.05) is 12.3 Å². The number of benzene rings is 1. The van der Waals surface area contributed by atoms with Gasteiger partial charge in [-0.1, -0.05) is 33.4 Å². The van der Waals surface area contributed by atoms with Gasteiger partial charge < -0.3 is 19.1 Å². The van der Waals surface area contributed by atoms with E-state index in [9.17, 15) is 5.26 Å². The van der Waals surface area contributed by atoms with Crippen molar-refractivity contribution in [3.8, 4) is 6.07 Å². The first-order chi connectivity index (χ1) is 14.5. The number of rotatable bonds is 7. The van der Waals surface area contributed by atoms with Gasteiger partial charge >= 0.3 is 22.4 Å². The van der Waals surface area contributed by atoms with Gasteiger partial charge in [0.1, 0.15) is 0 Å². The second-order valence-electron chi connectivity index (χ2n) is 7.57. The fourth-order valence-electron chi connectivity index (χ4n) is 3.69. The molecule has 0 unspecified atom stereocenters. The van der Waals surface area contributed by atoms with Gasteiger partial charge in [0, 0.05) is 11.8 Å². The largest absolute Gasteiger partial charge is 2.00 e. The smallest absolute Gasteiger partial charge is 0.368 e. The number of allylic oxidation sites excluding steroid dienone is 1. The molecule has 1 aromatic carbocycles. The van der Waals surface area contributed by atoms with Crippen LogP contribution >= 0.6 is 7.92 Å². The van der Waals surface area contributed by atoms with Crippen molar-refractivity contribution in [2.24, 2.45) is 0 Å². The Morgan fingerprint density at radius 3 is 2.61 bits per heavy atom. The van der Waals surface area contributed by atoms with E-state index >= 15 is 0 Å². The first kappa shape index (κ1) is 27.5. The molecule has 0 spiro atoms. The van der Waals surface area contributed by atoms with Crippen molar-refractivity contribution in [3.05, 3.63) is 65.7 Å². The Morgan fingerprint density at radius 2 is 2.06 bits per heavy atom. The monoisotopic (exact) mass is 513 g/mol. The van der Waals surface area contributed by atoms with Crippen LogP contribution in [0.2, 0.25) is 0 Å². The van der Waals surface area contributed by atoms with Crippen LogP contribution in [0.4, 0.5) is 5.95 Å². The predicted molar refractivity (Wildman–Crippen MR) is 130 cm³/mol. The van der Waals surface area contributed by atoms with Crippen molar-refractivity contribution in [2.45, 2.75) is 52.4 Å². The third-order valence-corrected chi connectivity index (χ3v) is 6.46. The molecule has 0 saturated carbocycles. The van der Waals surface area contributed by atoms with Crippen LogP contribution in [0.15, 0.2) is 24.4 Å². The van der Waals surface area contributed by atoms with Crippen LogP contribution in [0.1, 0.15) is 67.5 Å². The van der Waals surface area contributed by atoms with E-state index in [4.69, 9.17) is 5.73 Å². The Hall–Kier alpha value is -1.50. The SMILES string of the molecule is CCCc1cnc(N)nc1C1=CCc2c1ccc(C#N)c2P(C)C.[CH2-]CCC[CH-]C.[Nb+2]. The maximum atomic E-state index is 9.44. The van der Waals surface area contributed by atoms with E-state index in [0.717, 1.165) is 48.1 Å². The summed E-state index contributed by atoms with van der Waals surface area (Å²) in [5.74, 6) is 0.307. The number of anilines is 1. The number of fused-ring (bicyclic) bond motifs is 1. The Kier molecular flexibility index (Phi) is 12.3. The number of hydrogen-bond acceptors (Lipinski definition) is 4. The molecule has 4 nitrogen and oxygen atoms in total. The Bertz CT molecular complexity index is 928. The van der Waals surface area contributed by atoms with Crippen molar-refractivity contribution in [3.63, 3.8) is 0 Å². The van der Waals surface area contributed by atoms with Crippen molar-refractivity contribution in [2.75, 3.05) is 19.1 Å². The summed E-state index contributed by atoms with van der Waals surface area (Å²) in [6.45, 7) is 12.3. The zero-order valence-corrected chi connectivity index (χ0v) is 22.2. The van der Waals surface area contributed by atoms with Crippen LogP contribution in [-0.2, 0) is 35.2 Å². The third-order valence-electron chi connectivity index (χ3n) is 5.05. The minimum atomic E-state index is -0.347. The molecule has 1 aliphatic carbocycles. The molecule has 0 amide bonds. The summed E-state index contributed by atoms with van der Waals surface area (Å²) < 4.78 is 0. The summed E-state index contributed by atoms with van der Waals surface area (Å²) in [5.41, 5.74) is 12.3. The molecule has 1 heterocycles. The summed E-state index contributed by atoms with van der Waals surface area (Å²) >= 11 is 0. The maximum Gasteiger partial charge on any atom is 2.00 e. The van der Waals surface area contributed by atoms with Gasteiger partial charge in [0.05, 0.1) is 17.3 Å². The van der Waals surface area contributed by atoms with Gasteiger partial charge in [-0.15, -0.1) is 6.42 Å². The van der Waals surface area contributed by atoms with Crippen LogP contribution in [0.5, 0.6) is 0 Å². The van der Waals surface area contributed by atoms with Gasteiger partial charge in [-0.3, -0.25) is 0 Å². The standard InChI is InChI=1S/C19H21N4P.C6H12.Nb/c1-4-5-13-11-22-19(21)23-17(13)15-8-9-16-14(15)7-6-12(10-20)18(16)24(2)3;1-3-5-6-4-2;/h6-8,11H,4-5,9H2,1-3H3,(H2,21,22,23);4H,1,3,5-6H2,2H3;/q;-2;+2. The van der Waals surface area contributed by atoms with E-state index in [0.29, 0.717) is 5.95 Å². The summed E-state index contributed by atoms with van der Waals surface area (Å²) in [4.78, 5) is 8.69. The number of hydrogen-bond donors (Lipinski definition) is 1.